The molecule has 2 amide bonds. The first kappa shape index (κ1) is 18.2. The molecule has 1 aliphatic heterocycles. The van der Waals surface area contributed by atoms with E-state index in [2.05, 4.69) is 17.4 Å². The third-order valence-electron chi connectivity index (χ3n) is 4.95. The minimum atomic E-state index is -0.261. The number of amides is 2. The largest absolute Gasteiger partial charge is 0.335 e. The average molecular weight is 350 g/mol. The van der Waals surface area contributed by atoms with Crippen molar-refractivity contribution in [1.29, 1.82) is 0 Å². The minimum absolute atomic E-state index is 0.0194. The molecule has 0 unspecified atom stereocenters. The Balaban J connectivity index is 1.75. The van der Waals surface area contributed by atoms with E-state index in [1.165, 1.54) is 5.56 Å². The molecule has 1 aliphatic rings. The molecule has 1 heterocycles. The van der Waals surface area contributed by atoms with Crippen molar-refractivity contribution in [1.82, 2.24) is 10.2 Å². The van der Waals surface area contributed by atoms with Crippen LogP contribution in [0.3, 0.4) is 0 Å². The Kier molecular flexibility index (Phi) is 5.71. The van der Waals surface area contributed by atoms with Gasteiger partial charge in [-0.05, 0) is 36.5 Å². The predicted molar refractivity (Wildman–Crippen MR) is 103 cm³/mol. The van der Waals surface area contributed by atoms with Crippen molar-refractivity contribution >= 4 is 11.8 Å². The number of benzene rings is 2. The first-order valence-electron chi connectivity index (χ1n) is 9.26. The van der Waals surface area contributed by atoms with Crippen molar-refractivity contribution < 1.29 is 9.59 Å². The van der Waals surface area contributed by atoms with Gasteiger partial charge in [0.2, 0.25) is 5.91 Å². The second-order valence-corrected chi connectivity index (χ2v) is 7.24. The Morgan fingerprint density at radius 2 is 1.69 bits per heavy atom. The number of hydrogen-bond acceptors (Lipinski definition) is 2. The van der Waals surface area contributed by atoms with Gasteiger partial charge in [0.15, 0.2) is 0 Å². The number of carbonyl (C=O) groups is 2. The topological polar surface area (TPSA) is 49.4 Å². The van der Waals surface area contributed by atoms with E-state index in [0.29, 0.717) is 12.1 Å². The molecule has 0 spiro atoms. The standard InChI is InChI=1S/C22H26N2O2/c1-16(2)20-23-21(25)19(14-13-17-9-5-3-6-10-17)15-24(20)22(26)18-11-7-4-8-12-18/h3-12,16,19-20H,13-15H2,1-2H3,(H,23,25)/t19-,20+/m1/s1. The number of hydrogen-bond donors (Lipinski definition) is 1. The molecule has 1 N–H and O–H groups in total. The molecule has 0 bridgehead atoms. The lowest BCUT2D eigenvalue weighted by atomic mass is 9.93. The summed E-state index contributed by atoms with van der Waals surface area (Å²) < 4.78 is 0. The molecule has 4 nitrogen and oxygen atoms in total. The van der Waals surface area contributed by atoms with Crippen molar-refractivity contribution in [2.24, 2.45) is 11.8 Å². The fourth-order valence-corrected chi connectivity index (χ4v) is 3.47. The minimum Gasteiger partial charge on any atom is -0.335 e. The first-order valence-corrected chi connectivity index (χ1v) is 9.26. The maximum atomic E-state index is 13.0. The zero-order chi connectivity index (χ0) is 18.5. The van der Waals surface area contributed by atoms with Crippen LogP contribution in [0.5, 0.6) is 0 Å². The third-order valence-corrected chi connectivity index (χ3v) is 4.95. The highest BCUT2D eigenvalue weighted by molar-refractivity contribution is 5.95. The fraction of sp³-hybridized carbons (Fsp3) is 0.364. The van der Waals surface area contributed by atoms with Gasteiger partial charge in [0.1, 0.15) is 6.17 Å². The maximum Gasteiger partial charge on any atom is 0.255 e. The zero-order valence-corrected chi connectivity index (χ0v) is 15.4. The van der Waals surface area contributed by atoms with E-state index in [-0.39, 0.29) is 29.8 Å². The molecule has 1 fully saturated rings. The molecule has 2 atom stereocenters. The second-order valence-electron chi connectivity index (χ2n) is 7.24. The van der Waals surface area contributed by atoms with Crippen LogP contribution in [-0.4, -0.2) is 29.4 Å². The predicted octanol–water partition coefficient (Wildman–Crippen LogP) is 3.49. The normalized spacial score (nSPS) is 20.1. The first-order chi connectivity index (χ1) is 12.6. The molecule has 0 radical (unpaired) electrons. The second kappa shape index (κ2) is 8.17. The van der Waals surface area contributed by atoms with Gasteiger partial charge in [-0.15, -0.1) is 0 Å². The molecular formula is C22H26N2O2. The molecule has 136 valence electrons. The summed E-state index contributed by atoms with van der Waals surface area (Å²) >= 11 is 0. The zero-order valence-electron chi connectivity index (χ0n) is 15.4. The summed E-state index contributed by atoms with van der Waals surface area (Å²) in [7, 11) is 0. The van der Waals surface area contributed by atoms with Gasteiger partial charge in [0.05, 0.1) is 5.92 Å². The van der Waals surface area contributed by atoms with E-state index in [4.69, 9.17) is 0 Å². The summed E-state index contributed by atoms with van der Waals surface area (Å²) in [6.07, 6.45) is 1.31. The molecule has 0 aliphatic carbocycles. The van der Waals surface area contributed by atoms with Gasteiger partial charge in [-0.3, -0.25) is 9.59 Å². The Bertz CT molecular complexity index is 743. The van der Waals surface area contributed by atoms with Crippen LogP contribution in [0.2, 0.25) is 0 Å². The maximum absolute atomic E-state index is 13.0. The smallest absolute Gasteiger partial charge is 0.255 e. The van der Waals surface area contributed by atoms with Gasteiger partial charge >= 0.3 is 0 Å². The number of nitrogens with one attached hydrogen (secondary N) is 1. The van der Waals surface area contributed by atoms with E-state index in [1.54, 1.807) is 0 Å². The van der Waals surface area contributed by atoms with Crippen molar-refractivity contribution in [3.8, 4) is 0 Å². The van der Waals surface area contributed by atoms with Crippen LogP contribution < -0.4 is 5.32 Å². The van der Waals surface area contributed by atoms with E-state index in [0.717, 1.165) is 12.8 Å². The Hall–Kier alpha value is -2.62. The Labute approximate surface area is 155 Å². The molecule has 0 saturated carbocycles. The van der Waals surface area contributed by atoms with Gasteiger partial charge < -0.3 is 10.2 Å². The number of aryl methyl sites for hydroxylation is 1. The summed E-state index contributed by atoms with van der Waals surface area (Å²) in [5.41, 5.74) is 1.88. The molecule has 2 aromatic rings. The summed E-state index contributed by atoms with van der Waals surface area (Å²) in [5.74, 6) is 0.00491. The van der Waals surface area contributed by atoms with Crippen LogP contribution in [-0.2, 0) is 11.2 Å². The molecule has 4 heteroatoms. The third kappa shape index (κ3) is 4.13. The van der Waals surface area contributed by atoms with Crippen molar-refractivity contribution in [3.63, 3.8) is 0 Å². The van der Waals surface area contributed by atoms with Gasteiger partial charge in [-0.2, -0.15) is 0 Å². The van der Waals surface area contributed by atoms with Crippen LogP contribution in [0.15, 0.2) is 60.7 Å². The highest BCUT2D eigenvalue weighted by Crippen LogP contribution is 2.23. The van der Waals surface area contributed by atoms with E-state index in [9.17, 15) is 9.59 Å². The average Bonchev–Trinajstić information content (AvgIpc) is 2.67. The summed E-state index contributed by atoms with van der Waals surface area (Å²) in [4.78, 5) is 27.4. The summed E-state index contributed by atoms with van der Waals surface area (Å²) in [5, 5.41) is 3.07. The van der Waals surface area contributed by atoms with Gasteiger partial charge in [0.25, 0.3) is 5.91 Å². The molecule has 3 rings (SSSR count). The Morgan fingerprint density at radius 1 is 1.08 bits per heavy atom. The van der Waals surface area contributed by atoms with Crippen molar-refractivity contribution in [3.05, 3.63) is 71.8 Å². The van der Waals surface area contributed by atoms with Crippen molar-refractivity contribution in [2.45, 2.75) is 32.9 Å². The van der Waals surface area contributed by atoms with E-state index < -0.39 is 0 Å². The van der Waals surface area contributed by atoms with Crippen LogP contribution in [0.1, 0.15) is 36.2 Å². The monoisotopic (exact) mass is 350 g/mol. The number of nitrogens with zero attached hydrogens (tertiary/aromatic N) is 1. The van der Waals surface area contributed by atoms with Gasteiger partial charge in [0, 0.05) is 12.1 Å². The van der Waals surface area contributed by atoms with Crippen LogP contribution in [0, 0.1) is 11.8 Å². The molecule has 0 aromatic heterocycles. The van der Waals surface area contributed by atoms with Crippen LogP contribution in [0.25, 0.3) is 0 Å². The Morgan fingerprint density at radius 3 is 2.31 bits per heavy atom. The van der Waals surface area contributed by atoms with Gasteiger partial charge in [-0.25, -0.2) is 0 Å². The fourth-order valence-electron chi connectivity index (χ4n) is 3.47. The number of carbonyl (C=O) groups excluding carboxylic acids is 2. The molecule has 2 aromatic carbocycles. The highest BCUT2D eigenvalue weighted by Gasteiger charge is 2.37. The number of rotatable bonds is 5. The lowest BCUT2D eigenvalue weighted by Crippen LogP contribution is -2.61. The van der Waals surface area contributed by atoms with E-state index >= 15 is 0 Å². The summed E-state index contributed by atoms with van der Waals surface area (Å²) in [6, 6.07) is 19.5. The quantitative estimate of drug-likeness (QED) is 0.897. The van der Waals surface area contributed by atoms with Crippen LogP contribution >= 0.6 is 0 Å². The molecule has 1 saturated heterocycles. The summed E-state index contributed by atoms with van der Waals surface area (Å²) in [6.45, 7) is 4.52. The highest BCUT2D eigenvalue weighted by atomic mass is 16.2. The lowest BCUT2D eigenvalue weighted by molar-refractivity contribution is -0.132. The van der Waals surface area contributed by atoms with Gasteiger partial charge in [-0.1, -0.05) is 62.4 Å². The molecular weight excluding hydrogens is 324 g/mol. The van der Waals surface area contributed by atoms with Crippen LogP contribution in [0.4, 0.5) is 0 Å². The van der Waals surface area contributed by atoms with Crippen molar-refractivity contribution in [2.75, 3.05) is 6.54 Å². The lowest BCUT2D eigenvalue weighted by Gasteiger charge is -2.42. The SMILES string of the molecule is CC(C)[C@H]1NC(=O)[C@H](CCc2ccccc2)CN1C(=O)c1ccccc1. The van der Waals surface area contributed by atoms with E-state index in [1.807, 2.05) is 67.3 Å². The molecule has 26 heavy (non-hydrogen) atoms.